The average Bonchev–Trinajstić information content (AvgIpc) is 2.20. The normalized spacial score (nSPS) is 11.2. The van der Waals surface area contributed by atoms with E-state index in [9.17, 15) is 0 Å². The van der Waals surface area contributed by atoms with Gasteiger partial charge in [0.2, 0.25) is 0 Å². The molecule has 1 rings (SSSR count). The third-order valence-electron chi connectivity index (χ3n) is 2.32. The molecular weight excluding hydrogens is 206 g/mol. The molecule has 0 aliphatic carbocycles. The summed E-state index contributed by atoms with van der Waals surface area (Å²) in [7, 11) is 2.14. The number of halogens is 1. The molecule has 0 saturated heterocycles. The molecule has 1 nitrogen and oxygen atoms in total. The van der Waals surface area contributed by atoms with Crippen molar-refractivity contribution in [3.8, 4) is 12.3 Å². The van der Waals surface area contributed by atoms with E-state index in [0.29, 0.717) is 0 Å². The van der Waals surface area contributed by atoms with Gasteiger partial charge in [-0.15, -0.1) is 6.42 Å². The van der Waals surface area contributed by atoms with Gasteiger partial charge in [-0.3, -0.25) is 0 Å². The molecule has 0 radical (unpaired) electrons. The lowest BCUT2D eigenvalue weighted by Gasteiger charge is -2.09. The maximum absolute atomic E-state index is 5.24. The Balaban J connectivity index is 0.00000196. The Morgan fingerprint density at radius 2 is 1.93 bits per heavy atom. The smallest absolute Gasteiger partial charge is 0.138 e. The van der Waals surface area contributed by atoms with E-state index in [1.165, 1.54) is 16.9 Å². The SMILES string of the molecule is C#CC[NH+](C)CCCc1ccccc1.[Cl-]. The van der Waals surface area contributed by atoms with Crippen molar-refractivity contribution >= 4 is 0 Å². The van der Waals surface area contributed by atoms with Gasteiger partial charge in [-0.1, -0.05) is 30.3 Å². The number of quaternary nitrogens is 1. The zero-order valence-electron chi connectivity index (χ0n) is 9.17. The zero-order chi connectivity index (χ0) is 10.2. The van der Waals surface area contributed by atoms with Crippen LogP contribution in [0, 0.1) is 12.3 Å². The predicted molar refractivity (Wildman–Crippen MR) is 60.2 cm³/mol. The van der Waals surface area contributed by atoms with Gasteiger partial charge in [-0.25, -0.2) is 0 Å². The number of hydrogen-bond acceptors (Lipinski definition) is 0. The molecular formula is C13H18ClN. The van der Waals surface area contributed by atoms with E-state index >= 15 is 0 Å². The van der Waals surface area contributed by atoms with E-state index < -0.39 is 0 Å². The Hall–Kier alpha value is -0.970. The molecule has 0 saturated carbocycles. The third kappa shape index (κ3) is 6.17. The fraction of sp³-hybridized carbons (Fsp3) is 0.385. The van der Waals surface area contributed by atoms with Crippen LogP contribution in [-0.4, -0.2) is 20.1 Å². The Bertz CT molecular complexity index is 289. The summed E-state index contributed by atoms with van der Waals surface area (Å²) in [6.07, 6.45) is 7.60. The summed E-state index contributed by atoms with van der Waals surface area (Å²) in [6, 6.07) is 10.6. The molecule has 0 aromatic heterocycles. The molecule has 1 aromatic rings. The van der Waals surface area contributed by atoms with Crippen molar-refractivity contribution in [1.29, 1.82) is 0 Å². The lowest BCUT2D eigenvalue weighted by Crippen LogP contribution is -3.08. The highest BCUT2D eigenvalue weighted by Gasteiger charge is 1.98. The fourth-order valence-corrected chi connectivity index (χ4v) is 1.50. The highest BCUT2D eigenvalue weighted by Crippen LogP contribution is 2.00. The van der Waals surface area contributed by atoms with Gasteiger partial charge in [0.1, 0.15) is 6.54 Å². The van der Waals surface area contributed by atoms with Crippen molar-refractivity contribution in [2.45, 2.75) is 12.8 Å². The third-order valence-corrected chi connectivity index (χ3v) is 2.32. The maximum atomic E-state index is 5.24. The van der Waals surface area contributed by atoms with Gasteiger partial charge in [0.15, 0.2) is 0 Å². The molecule has 1 N–H and O–H groups in total. The van der Waals surface area contributed by atoms with Crippen molar-refractivity contribution in [2.24, 2.45) is 0 Å². The number of aryl methyl sites for hydroxylation is 1. The first-order valence-corrected chi connectivity index (χ1v) is 5.11. The van der Waals surface area contributed by atoms with Crippen molar-refractivity contribution in [2.75, 3.05) is 20.1 Å². The van der Waals surface area contributed by atoms with E-state index in [1.54, 1.807) is 0 Å². The van der Waals surface area contributed by atoms with Crippen LogP contribution in [-0.2, 0) is 6.42 Å². The zero-order valence-corrected chi connectivity index (χ0v) is 9.93. The van der Waals surface area contributed by atoms with Crippen molar-refractivity contribution in [3.05, 3.63) is 35.9 Å². The molecule has 1 unspecified atom stereocenters. The van der Waals surface area contributed by atoms with Gasteiger partial charge in [-0.05, 0) is 17.9 Å². The van der Waals surface area contributed by atoms with Crippen LogP contribution in [0.15, 0.2) is 30.3 Å². The summed E-state index contributed by atoms with van der Waals surface area (Å²) in [6.45, 7) is 1.98. The standard InChI is InChI=1S/C13H17N.ClH/c1-3-11-14(2)12-7-10-13-8-5-4-6-9-13;/h1,4-6,8-9H,7,10-12H2,2H3;1H. The van der Waals surface area contributed by atoms with Crippen LogP contribution in [0.4, 0.5) is 0 Å². The second-order valence-corrected chi connectivity index (χ2v) is 3.68. The molecule has 82 valence electrons. The van der Waals surface area contributed by atoms with Crippen LogP contribution in [0.5, 0.6) is 0 Å². The number of hydrogen-bond donors (Lipinski definition) is 1. The largest absolute Gasteiger partial charge is 1.00 e. The topological polar surface area (TPSA) is 4.44 Å². The molecule has 2 heteroatoms. The molecule has 0 fully saturated rings. The van der Waals surface area contributed by atoms with Crippen LogP contribution in [0.25, 0.3) is 0 Å². The Labute approximate surface area is 98.9 Å². The van der Waals surface area contributed by atoms with Gasteiger partial charge in [0, 0.05) is 6.42 Å². The molecule has 0 spiro atoms. The van der Waals surface area contributed by atoms with Gasteiger partial charge >= 0.3 is 0 Å². The first-order chi connectivity index (χ1) is 6.83. The minimum Gasteiger partial charge on any atom is -1.00 e. The summed E-state index contributed by atoms with van der Waals surface area (Å²) in [4.78, 5) is 1.42. The van der Waals surface area contributed by atoms with Crippen LogP contribution in [0.3, 0.4) is 0 Å². The molecule has 0 amide bonds. The summed E-state index contributed by atoms with van der Waals surface area (Å²) in [5.41, 5.74) is 1.42. The monoisotopic (exact) mass is 223 g/mol. The van der Waals surface area contributed by atoms with Gasteiger partial charge in [0.25, 0.3) is 0 Å². The highest BCUT2D eigenvalue weighted by atomic mass is 35.5. The molecule has 0 heterocycles. The van der Waals surface area contributed by atoms with Gasteiger partial charge in [-0.2, -0.15) is 0 Å². The van der Waals surface area contributed by atoms with E-state index in [2.05, 4.69) is 43.3 Å². The molecule has 0 aliphatic heterocycles. The summed E-state index contributed by atoms with van der Waals surface area (Å²) < 4.78 is 0. The second kappa shape index (κ2) is 8.35. The van der Waals surface area contributed by atoms with Crippen LogP contribution in [0.1, 0.15) is 12.0 Å². The van der Waals surface area contributed by atoms with E-state index in [1.807, 2.05) is 0 Å². The van der Waals surface area contributed by atoms with E-state index in [0.717, 1.165) is 19.5 Å². The van der Waals surface area contributed by atoms with Gasteiger partial charge in [0.05, 0.1) is 13.6 Å². The van der Waals surface area contributed by atoms with E-state index in [-0.39, 0.29) is 12.4 Å². The molecule has 0 bridgehead atoms. The van der Waals surface area contributed by atoms with Crippen LogP contribution >= 0.6 is 0 Å². The fourth-order valence-electron chi connectivity index (χ4n) is 1.50. The molecule has 0 aliphatic rings. The second-order valence-electron chi connectivity index (χ2n) is 3.68. The lowest BCUT2D eigenvalue weighted by molar-refractivity contribution is -0.872. The highest BCUT2D eigenvalue weighted by molar-refractivity contribution is 5.14. The van der Waals surface area contributed by atoms with E-state index in [4.69, 9.17) is 6.42 Å². The summed E-state index contributed by atoms with van der Waals surface area (Å²) in [5.74, 6) is 2.68. The van der Waals surface area contributed by atoms with Crippen molar-refractivity contribution < 1.29 is 17.3 Å². The summed E-state index contributed by atoms with van der Waals surface area (Å²) in [5, 5.41) is 0. The van der Waals surface area contributed by atoms with Crippen LogP contribution < -0.4 is 17.3 Å². The molecule has 1 aromatic carbocycles. The minimum atomic E-state index is 0. The van der Waals surface area contributed by atoms with Gasteiger partial charge < -0.3 is 17.3 Å². The average molecular weight is 224 g/mol. The minimum absolute atomic E-state index is 0. The number of rotatable bonds is 5. The number of benzene rings is 1. The molecule has 1 atom stereocenters. The predicted octanol–water partition coefficient (Wildman–Crippen LogP) is -2.23. The van der Waals surface area contributed by atoms with Crippen molar-refractivity contribution in [3.63, 3.8) is 0 Å². The number of nitrogens with one attached hydrogen (secondary N) is 1. The Morgan fingerprint density at radius 1 is 1.27 bits per heavy atom. The number of terminal acetylenes is 1. The summed E-state index contributed by atoms with van der Waals surface area (Å²) >= 11 is 0. The maximum Gasteiger partial charge on any atom is 0.138 e. The quantitative estimate of drug-likeness (QED) is 0.540. The first kappa shape index (κ1) is 14.0. The first-order valence-electron chi connectivity index (χ1n) is 5.11. The molecule has 15 heavy (non-hydrogen) atoms. The Kier molecular flexibility index (Phi) is 7.81. The lowest BCUT2D eigenvalue weighted by atomic mass is 10.1. The Morgan fingerprint density at radius 3 is 2.53 bits per heavy atom. The van der Waals surface area contributed by atoms with Crippen molar-refractivity contribution in [1.82, 2.24) is 0 Å². The van der Waals surface area contributed by atoms with Crippen LogP contribution in [0.2, 0.25) is 0 Å².